The Morgan fingerprint density at radius 2 is 1.87 bits per heavy atom. The second-order valence-electron chi connectivity index (χ2n) is 3.85. The standard InChI is InChI=1S/C11H12ClF2N/c12-7-4-8(5-7)15-6-9-10(13)2-1-3-11(9)14/h1-3,7-8,15H,4-6H2. The fourth-order valence-electron chi connectivity index (χ4n) is 1.66. The van der Waals surface area contributed by atoms with Crippen LogP contribution in [0.2, 0.25) is 0 Å². The smallest absolute Gasteiger partial charge is 0.130 e. The Kier molecular flexibility index (Phi) is 3.22. The molecule has 0 radical (unpaired) electrons. The van der Waals surface area contributed by atoms with Crippen LogP contribution in [0.3, 0.4) is 0 Å². The number of hydrogen-bond donors (Lipinski definition) is 1. The maximum absolute atomic E-state index is 13.2. The molecule has 0 amide bonds. The zero-order valence-corrected chi connectivity index (χ0v) is 8.90. The largest absolute Gasteiger partial charge is 0.310 e. The summed E-state index contributed by atoms with van der Waals surface area (Å²) < 4.78 is 26.4. The van der Waals surface area contributed by atoms with Crippen molar-refractivity contribution in [2.75, 3.05) is 0 Å². The fourth-order valence-corrected chi connectivity index (χ4v) is 2.09. The van der Waals surface area contributed by atoms with E-state index in [2.05, 4.69) is 5.32 Å². The van der Waals surface area contributed by atoms with E-state index in [1.54, 1.807) is 0 Å². The van der Waals surface area contributed by atoms with Gasteiger partial charge in [-0.25, -0.2) is 8.78 Å². The highest BCUT2D eigenvalue weighted by Crippen LogP contribution is 2.25. The monoisotopic (exact) mass is 231 g/mol. The van der Waals surface area contributed by atoms with Crippen LogP contribution in [0, 0.1) is 11.6 Å². The highest BCUT2D eigenvalue weighted by Gasteiger charge is 2.26. The van der Waals surface area contributed by atoms with Crippen molar-refractivity contribution in [2.24, 2.45) is 0 Å². The minimum absolute atomic E-state index is 0.107. The molecule has 1 N–H and O–H groups in total. The first-order valence-electron chi connectivity index (χ1n) is 4.97. The zero-order chi connectivity index (χ0) is 10.8. The summed E-state index contributed by atoms with van der Waals surface area (Å²) in [6.07, 6.45) is 1.75. The van der Waals surface area contributed by atoms with Gasteiger partial charge in [0.1, 0.15) is 11.6 Å². The van der Waals surface area contributed by atoms with Crippen molar-refractivity contribution in [1.29, 1.82) is 0 Å². The zero-order valence-electron chi connectivity index (χ0n) is 8.14. The Hall–Kier alpha value is -0.670. The van der Waals surface area contributed by atoms with E-state index in [0.717, 1.165) is 12.8 Å². The quantitative estimate of drug-likeness (QED) is 0.789. The molecule has 1 aliphatic carbocycles. The van der Waals surface area contributed by atoms with E-state index in [9.17, 15) is 8.78 Å². The average Bonchev–Trinajstić information content (AvgIpc) is 2.14. The van der Waals surface area contributed by atoms with E-state index >= 15 is 0 Å². The van der Waals surface area contributed by atoms with Gasteiger partial charge in [-0.15, -0.1) is 11.6 Å². The van der Waals surface area contributed by atoms with Crippen LogP contribution in [0.25, 0.3) is 0 Å². The van der Waals surface area contributed by atoms with Crippen molar-refractivity contribution in [2.45, 2.75) is 30.8 Å². The molecule has 0 saturated heterocycles. The first-order valence-corrected chi connectivity index (χ1v) is 5.41. The normalized spacial score (nSPS) is 25.0. The van der Waals surface area contributed by atoms with E-state index in [1.807, 2.05) is 0 Å². The number of alkyl halides is 1. The third-order valence-electron chi connectivity index (χ3n) is 2.71. The van der Waals surface area contributed by atoms with Crippen LogP contribution in [-0.2, 0) is 6.54 Å². The summed E-state index contributed by atoms with van der Waals surface area (Å²) in [6.45, 7) is 0.229. The van der Waals surface area contributed by atoms with Crippen LogP contribution >= 0.6 is 11.6 Å². The lowest BCUT2D eigenvalue weighted by Crippen LogP contribution is -2.41. The molecule has 0 aliphatic heterocycles. The van der Waals surface area contributed by atoms with Crippen molar-refractivity contribution in [3.63, 3.8) is 0 Å². The number of halogens is 3. The lowest BCUT2D eigenvalue weighted by atomic mass is 9.92. The van der Waals surface area contributed by atoms with Gasteiger partial charge in [-0.05, 0) is 25.0 Å². The van der Waals surface area contributed by atoms with Crippen LogP contribution < -0.4 is 5.32 Å². The molecule has 0 atom stereocenters. The molecule has 15 heavy (non-hydrogen) atoms. The Bertz CT molecular complexity index is 330. The second-order valence-corrected chi connectivity index (χ2v) is 4.46. The number of hydrogen-bond acceptors (Lipinski definition) is 1. The fraction of sp³-hybridized carbons (Fsp3) is 0.455. The summed E-state index contributed by atoms with van der Waals surface area (Å²) in [4.78, 5) is 0. The molecule has 1 aliphatic rings. The SMILES string of the molecule is Fc1cccc(F)c1CNC1CC(Cl)C1. The lowest BCUT2D eigenvalue weighted by Gasteiger charge is -2.31. The van der Waals surface area contributed by atoms with Gasteiger partial charge in [-0.2, -0.15) is 0 Å². The van der Waals surface area contributed by atoms with Crippen molar-refractivity contribution < 1.29 is 8.78 Å². The van der Waals surface area contributed by atoms with E-state index in [1.165, 1.54) is 18.2 Å². The second kappa shape index (κ2) is 4.45. The molecule has 0 aromatic heterocycles. The predicted molar refractivity (Wildman–Crippen MR) is 55.9 cm³/mol. The minimum atomic E-state index is -0.496. The molecule has 1 fully saturated rings. The van der Waals surface area contributed by atoms with E-state index in [0.29, 0.717) is 6.04 Å². The Morgan fingerprint density at radius 3 is 2.40 bits per heavy atom. The third-order valence-corrected chi connectivity index (χ3v) is 3.07. The van der Waals surface area contributed by atoms with Gasteiger partial charge in [-0.1, -0.05) is 6.07 Å². The highest BCUT2D eigenvalue weighted by molar-refractivity contribution is 6.21. The summed E-state index contributed by atoms with van der Waals surface area (Å²) in [5, 5.41) is 3.30. The summed E-state index contributed by atoms with van der Waals surface area (Å²) in [5.41, 5.74) is 0.107. The van der Waals surface area contributed by atoms with Gasteiger partial charge in [0, 0.05) is 23.5 Å². The van der Waals surface area contributed by atoms with Gasteiger partial charge in [0.25, 0.3) is 0 Å². The topological polar surface area (TPSA) is 12.0 Å². The van der Waals surface area contributed by atoms with E-state index < -0.39 is 11.6 Å². The van der Waals surface area contributed by atoms with Crippen LogP contribution in [-0.4, -0.2) is 11.4 Å². The highest BCUT2D eigenvalue weighted by atomic mass is 35.5. The van der Waals surface area contributed by atoms with Gasteiger partial charge in [-0.3, -0.25) is 0 Å². The minimum Gasteiger partial charge on any atom is -0.310 e. The molecule has 0 bridgehead atoms. The molecule has 1 saturated carbocycles. The Morgan fingerprint density at radius 1 is 1.27 bits per heavy atom. The first kappa shape index (κ1) is 10.8. The van der Waals surface area contributed by atoms with Crippen molar-refractivity contribution in [3.8, 4) is 0 Å². The van der Waals surface area contributed by atoms with Crippen LogP contribution in [0.1, 0.15) is 18.4 Å². The van der Waals surface area contributed by atoms with Crippen LogP contribution in [0.5, 0.6) is 0 Å². The van der Waals surface area contributed by atoms with Gasteiger partial charge >= 0.3 is 0 Å². The molecule has 0 unspecified atom stereocenters. The molecular weight excluding hydrogens is 220 g/mol. The van der Waals surface area contributed by atoms with Crippen LogP contribution in [0.15, 0.2) is 18.2 Å². The maximum Gasteiger partial charge on any atom is 0.130 e. The molecule has 1 aromatic carbocycles. The maximum atomic E-state index is 13.2. The molecular formula is C11H12ClF2N. The van der Waals surface area contributed by atoms with Crippen molar-refractivity contribution >= 4 is 11.6 Å². The third kappa shape index (κ3) is 2.47. The van der Waals surface area contributed by atoms with E-state index in [-0.39, 0.29) is 17.5 Å². The first-order chi connectivity index (χ1) is 7.16. The molecule has 0 spiro atoms. The summed E-state index contributed by atoms with van der Waals surface area (Å²) in [6, 6.07) is 4.20. The van der Waals surface area contributed by atoms with Gasteiger partial charge in [0.2, 0.25) is 0 Å². The summed E-state index contributed by atoms with van der Waals surface area (Å²) >= 11 is 5.80. The molecule has 82 valence electrons. The molecule has 1 nitrogen and oxygen atoms in total. The predicted octanol–water partition coefficient (Wildman–Crippen LogP) is 2.82. The van der Waals surface area contributed by atoms with Gasteiger partial charge < -0.3 is 5.32 Å². The lowest BCUT2D eigenvalue weighted by molar-refractivity contribution is 0.340. The number of rotatable bonds is 3. The summed E-state index contributed by atoms with van der Waals surface area (Å²) in [5.74, 6) is -0.992. The van der Waals surface area contributed by atoms with E-state index in [4.69, 9.17) is 11.6 Å². The molecule has 2 rings (SSSR count). The molecule has 0 heterocycles. The van der Waals surface area contributed by atoms with Crippen molar-refractivity contribution in [1.82, 2.24) is 5.32 Å². The Labute approximate surface area is 92.4 Å². The Balaban J connectivity index is 1.93. The van der Waals surface area contributed by atoms with Crippen molar-refractivity contribution in [3.05, 3.63) is 35.4 Å². The number of benzene rings is 1. The van der Waals surface area contributed by atoms with Gasteiger partial charge in [0.15, 0.2) is 0 Å². The van der Waals surface area contributed by atoms with Crippen LogP contribution in [0.4, 0.5) is 8.78 Å². The number of nitrogens with one attached hydrogen (secondary N) is 1. The molecule has 1 aromatic rings. The van der Waals surface area contributed by atoms with Gasteiger partial charge in [0.05, 0.1) is 0 Å². The average molecular weight is 232 g/mol. The summed E-state index contributed by atoms with van der Waals surface area (Å²) in [7, 11) is 0. The molecule has 4 heteroatoms.